The highest BCUT2D eigenvalue weighted by Crippen LogP contribution is 2.19. The van der Waals surface area contributed by atoms with E-state index in [4.69, 9.17) is 0 Å². The third kappa shape index (κ3) is 4.60. The van der Waals surface area contributed by atoms with Crippen molar-refractivity contribution >= 4 is 15.9 Å². The van der Waals surface area contributed by atoms with Crippen LogP contribution in [0.2, 0.25) is 0 Å². The summed E-state index contributed by atoms with van der Waals surface area (Å²) in [6, 6.07) is 5.11. The van der Waals surface area contributed by atoms with Gasteiger partial charge in [0.05, 0.1) is 4.47 Å². The molecule has 0 aliphatic carbocycles. The normalized spacial score (nSPS) is 10.7. The Hall–Kier alpha value is -0.450. The van der Waals surface area contributed by atoms with Gasteiger partial charge >= 0.3 is 0 Å². The molecule has 90 valence electrons. The highest BCUT2D eigenvalue weighted by Gasteiger charge is 2.03. The van der Waals surface area contributed by atoms with Gasteiger partial charge in [0.25, 0.3) is 0 Å². The molecule has 1 aromatic carbocycles. The topological polar surface area (TPSA) is 24.1 Å². The number of hydrogen-bond acceptors (Lipinski definition) is 2. The molecule has 0 saturated carbocycles. The molecule has 0 spiro atoms. The van der Waals surface area contributed by atoms with Crippen LogP contribution in [0.25, 0.3) is 0 Å². The number of rotatable bonds is 7. The Morgan fingerprint density at radius 2 is 2.00 bits per heavy atom. The van der Waals surface area contributed by atoms with Crippen molar-refractivity contribution in [3.05, 3.63) is 34.1 Å². The van der Waals surface area contributed by atoms with Crippen molar-refractivity contribution in [2.24, 2.45) is 0 Å². The van der Waals surface area contributed by atoms with Crippen LogP contribution in [0, 0.1) is 5.82 Å². The van der Waals surface area contributed by atoms with Gasteiger partial charge in [-0.25, -0.2) is 4.39 Å². The molecule has 0 heterocycles. The molecule has 0 aliphatic rings. The van der Waals surface area contributed by atoms with Crippen LogP contribution in [0.3, 0.4) is 0 Å². The molecule has 1 aromatic rings. The lowest BCUT2D eigenvalue weighted by atomic mass is 10.2. The summed E-state index contributed by atoms with van der Waals surface area (Å²) in [5.74, 6) is -0.202. The van der Waals surface area contributed by atoms with Gasteiger partial charge in [0.1, 0.15) is 5.82 Å². The summed E-state index contributed by atoms with van der Waals surface area (Å²) in [4.78, 5) is 0. The van der Waals surface area contributed by atoms with Crippen LogP contribution in [0.1, 0.15) is 18.9 Å². The average molecular weight is 289 g/mol. The second-order valence-electron chi connectivity index (χ2n) is 3.60. The molecule has 0 unspecified atom stereocenters. The quantitative estimate of drug-likeness (QED) is 0.754. The van der Waals surface area contributed by atoms with Crippen LogP contribution in [0.15, 0.2) is 22.7 Å². The Balaban J connectivity index is 2.24. The highest BCUT2D eigenvalue weighted by molar-refractivity contribution is 9.10. The molecular formula is C12H18BrFN2. The molecule has 1 rings (SSSR count). The molecule has 0 aliphatic heterocycles. The average Bonchev–Trinajstić information content (AvgIpc) is 2.29. The van der Waals surface area contributed by atoms with Crippen molar-refractivity contribution in [2.75, 3.05) is 19.6 Å². The van der Waals surface area contributed by atoms with E-state index in [9.17, 15) is 4.39 Å². The van der Waals surface area contributed by atoms with E-state index in [0.29, 0.717) is 11.0 Å². The maximum Gasteiger partial charge on any atom is 0.137 e. The van der Waals surface area contributed by atoms with Gasteiger partial charge in [-0.1, -0.05) is 19.1 Å². The minimum absolute atomic E-state index is 0.202. The van der Waals surface area contributed by atoms with E-state index < -0.39 is 0 Å². The first-order chi connectivity index (χ1) is 7.75. The van der Waals surface area contributed by atoms with E-state index in [1.54, 1.807) is 6.07 Å². The number of hydrogen-bond donors (Lipinski definition) is 2. The smallest absolute Gasteiger partial charge is 0.137 e. The van der Waals surface area contributed by atoms with Crippen LogP contribution in [-0.4, -0.2) is 19.6 Å². The van der Waals surface area contributed by atoms with Crippen molar-refractivity contribution in [3.63, 3.8) is 0 Å². The van der Waals surface area contributed by atoms with Crippen LogP contribution in [0.5, 0.6) is 0 Å². The summed E-state index contributed by atoms with van der Waals surface area (Å²) in [5.41, 5.74) is 0.962. The van der Waals surface area contributed by atoms with Crippen molar-refractivity contribution in [3.8, 4) is 0 Å². The van der Waals surface area contributed by atoms with Crippen molar-refractivity contribution in [2.45, 2.75) is 19.9 Å². The molecular weight excluding hydrogens is 271 g/mol. The summed E-state index contributed by atoms with van der Waals surface area (Å²) in [7, 11) is 0. The molecule has 16 heavy (non-hydrogen) atoms. The Morgan fingerprint density at radius 3 is 2.75 bits per heavy atom. The summed E-state index contributed by atoms with van der Waals surface area (Å²) < 4.78 is 13.7. The second kappa shape index (κ2) is 7.76. The van der Waals surface area contributed by atoms with Gasteiger partial charge in [-0.3, -0.25) is 0 Å². The van der Waals surface area contributed by atoms with Gasteiger partial charge in [0.15, 0.2) is 0 Å². The maximum atomic E-state index is 13.2. The first-order valence-electron chi connectivity index (χ1n) is 5.60. The predicted octanol–water partition coefficient (Wildman–Crippen LogP) is 2.68. The zero-order valence-electron chi connectivity index (χ0n) is 9.52. The molecule has 0 fully saturated rings. The summed E-state index contributed by atoms with van der Waals surface area (Å²) in [6.45, 7) is 5.76. The van der Waals surface area contributed by atoms with Crippen LogP contribution in [0.4, 0.5) is 4.39 Å². The molecule has 0 amide bonds. The molecule has 2 N–H and O–H groups in total. The Labute approximate surface area is 105 Å². The lowest BCUT2D eigenvalue weighted by molar-refractivity contribution is 0.594. The van der Waals surface area contributed by atoms with Gasteiger partial charge in [-0.05, 0) is 53.6 Å². The van der Waals surface area contributed by atoms with Crippen LogP contribution in [-0.2, 0) is 6.54 Å². The highest BCUT2D eigenvalue weighted by atomic mass is 79.9. The summed E-state index contributed by atoms with van der Waals surface area (Å²) in [5, 5.41) is 6.55. The third-order valence-electron chi connectivity index (χ3n) is 2.30. The van der Waals surface area contributed by atoms with Gasteiger partial charge in [-0.15, -0.1) is 0 Å². The molecule has 0 aromatic heterocycles. The molecule has 0 saturated heterocycles. The lowest BCUT2D eigenvalue weighted by Crippen LogP contribution is -2.21. The van der Waals surface area contributed by atoms with Crippen LogP contribution >= 0.6 is 15.9 Å². The fourth-order valence-electron chi connectivity index (χ4n) is 1.42. The zero-order chi connectivity index (χ0) is 11.8. The molecule has 0 atom stereocenters. The fourth-order valence-corrected chi connectivity index (χ4v) is 1.83. The van der Waals surface area contributed by atoms with E-state index in [1.807, 2.05) is 6.07 Å². The molecule has 0 bridgehead atoms. The van der Waals surface area contributed by atoms with E-state index in [0.717, 1.165) is 31.6 Å². The van der Waals surface area contributed by atoms with Gasteiger partial charge in [0, 0.05) is 6.54 Å². The van der Waals surface area contributed by atoms with E-state index in [-0.39, 0.29) is 5.82 Å². The lowest BCUT2D eigenvalue weighted by Gasteiger charge is -2.07. The zero-order valence-corrected chi connectivity index (χ0v) is 11.1. The molecule has 2 nitrogen and oxygen atoms in total. The van der Waals surface area contributed by atoms with Crippen molar-refractivity contribution in [1.82, 2.24) is 10.6 Å². The minimum Gasteiger partial charge on any atom is -0.317 e. The van der Waals surface area contributed by atoms with Crippen molar-refractivity contribution < 1.29 is 4.39 Å². The molecule has 4 heteroatoms. The Kier molecular flexibility index (Phi) is 6.61. The van der Waals surface area contributed by atoms with Gasteiger partial charge in [-0.2, -0.15) is 0 Å². The maximum absolute atomic E-state index is 13.2. The standard InChI is InChI=1S/C12H18BrFN2/c1-2-15-7-4-8-16-9-10-5-3-6-11(14)12(10)13/h3,5-6,15-16H,2,4,7-9H2,1H3. The third-order valence-corrected chi connectivity index (χ3v) is 3.19. The van der Waals surface area contributed by atoms with Gasteiger partial charge < -0.3 is 10.6 Å². The predicted molar refractivity (Wildman–Crippen MR) is 69.0 cm³/mol. The number of benzene rings is 1. The largest absolute Gasteiger partial charge is 0.317 e. The van der Waals surface area contributed by atoms with E-state index >= 15 is 0 Å². The Bertz CT molecular complexity index is 318. The molecule has 0 radical (unpaired) electrons. The number of nitrogens with one attached hydrogen (secondary N) is 2. The SMILES string of the molecule is CCNCCCNCc1cccc(F)c1Br. The van der Waals surface area contributed by atoms with Crippen LogP contribution < -0.4 is 10.6 Å². The summed E-state index contributed by atoms with van der Waals surface area (Å²) in [6.07, 6.45) is 1.08. The fraction of sp³-hybridized carbons (Fsp3) is 0.500. The second-order valence-corrected chi connectivity index (χ2v) is 4.39. The van der Waals surface area contributed by atoms with E-state index in [2.05, 4.69) is 33.5 Å². The number of halogens is 2. The van der Waals surface area contributed by atoms with Gasteiger partial charge in [0.2, 0.25) is 0 Å². The first kappa shape index (κ1) is 13.6. The van der Waals surface area contributed by atoms with Crippen molar-refractivity contribution in [1.29, 1.82) is 0 Å². The monoisotopic (exact) mass is 288 g/mol. The first-order valence-corrected chi connectivity index (χ1v) is 6.39. The minimum atomic E-state index is -0.202. The Morgan fingerprint density at radius 1 is 1.25 bits per heavy atom. The van der Waals surface area contributed by atoms with E-state index in [1.165, 1.54) is 6.07 Å². The summed E-state index contributed by atoms with van der Waals surface area (Å²) >= 11 is 3.25.